The zero-order valence-corrected chi connectivity index (χ0v) is 29.1. The van der Waals surface area contributed by atoms with Crippen molar-refractivity contribution in [3.8, 4) is 11.1 Å². The van der Waals surface area contributed by atoms with Crippen molar-refractivity contribution in [2.75, 3.05) is 0 Å². The van der Waals surface area contributed by atoms with Crippen LogP contribution in [0.5, 0.6) is 0 Å². The van der Waals surface area contributed by atoms with Gasteiger partial charge in [-0.25, -0.2) is 0 Å². The second kappa shape index (κ2) is 12.0. The second-order valence-electron chi connectivity index (χ2n) is 12.1. The van der Waals surface area contributed by atoms with E-state index >= 15 is 0 Å². The molecule has 0 spiro atoms. The third-order valence-corrected chi connectivity index (χ3v) is 61.3. The molecule has 3 aromatic carbocycles. The van der Waals surface area contributed by atoms with Crippen molar-refractivity contribution in [2.24, 2.45) is 0 Å². The third kappa shape index (κ3) is 5.30. The van der Waals surface area contributed by atoms with Crippen LogP contribution in [0.15, 0.2) is 78.4 Å². The summed E-state index contributed by atoms with van der Waals surface area (Å²) >= 11 is -4.51. The molecule has 0 bridgehead atoms. The number of hydrogen-bond donors (Lipinski definition) is 0. The Morgan fingerprint density at radius 1 is 0.769 bits per heavy atom. The summed E-state index contributed by atoms with van der Waals surface area (Å²) in [5, 5.41) is 0. The summed E-state index contributed by atoms with van der Waals surface area (Å²) in [5.74, 6) is -1.47. The number of allylic oxidation sites excluding steroid dienone is 2. The van der Waals surface area contributed by atoms with Gasteiger partial charge in [-0.15, -0.1) is 0 Å². The van der Waals surface area contributed by atoms with Gasteiger partial charge in [0.2, 0.25) is 0 Å². The molecule has 0 aliphatic heterocycles. The van der Waals surface area contributed by atoms with Gasteiger partial charge in [-0.05, 0) is 0 Å². The second-order valence-corrected chi connectivity index (χ2v) is 54.7. The molecule has 3 aromatic rings. The molecule has 0 amide bonds. The number of aryl methyl sites for hydroxylation is 1. The molecule has 0 saturated carbocycles. The Labute approximate surface area is 245 Å². The van der Waals surface area contributed by atoms with Gasteiger partial charge in [-0.1, -0.05) is 13.3 Å². The summed E-state index contributed by atoms with van der Waals surface area (Å²) in [6, 6.07) is 25.0. The molecule has 0 radical (unpaired) electrons. The normalized spacial score (nSPS) is 19.1. The van der Waals surface area contributed by atoms with Crippen LogP contribution in [0.1, 0.15) is 87.4 Å². The van der Waals surface area contributed by atoms with Gasteiger partial charge in [-0.2, -0.15) is 0 Å². The van der Waals surface area contributed by atoms with E-state index in [0.717, 1.165) is 12.8 Å². The van der Waals surface area contributed by atoms with Crippen molar-refractivity contribution < 1.29 is 15.6 Å². The SMILES string of the molecule is CCCCCCc1ccc(-c2cccc3c2C=C(CCC)[CH]3[Zr]([Cl])([Cl])([CH]2C=Cc3ccccc32)[SiH](C)C)cc1. The number of fused-ring (bicyclic) bond motifs is 2. The van der Waals surface area contributed by atoms with Crippen molar-refractivity contribution in [3.63, 3.8) is 0 Å². The summed E-state index contributed by atoms with van der Waals surface area (Å²) < 4.78 is 0.347. The minimum absolute atomic E-state index is 0.171. The molecule has 2 aliphatic rings. The first kappa shape index (κ1) is 29.3. The average molecular weight is 654 g/mol. The van der Waals surface area contributed by atoms with Crippen LogP contribution in [-0.2, 0) is 22.0 Å². The summed E-state index contributed by atoms with van der Waals surface area (Å²) in [4.78, 5) is 0. The van der Waals surface area contributed by atoms with Gasteiger partial charge in [0.25, 0.3) is 0 Å². The summed E-state index contributed by atoms with van der Waals surface area (Å²) in [7, 11) is 16.5. The molecule has 2 unspecified atom stereocenters. The van der Waals surface area contributed by atoms with Crippen molar-refractivity contribution in [1.29, 1.82) is 0 Å². The van der Waals surface area contributed by atoms with E-state index in [1.165, 1.54) is 76.6 Å². The van der Waals surface area contributed by atoms with E-state index in [-0.39, 0.29) is 7.25 Å². The van der Waals surface area contributed by atoms with Gasteiger partial charge in [0, 0.05) is 0 Å². The minimum atomic E-state index is -4.51. The van der Waals surface area contributed by atoms with Gasteiger partial charge in [-0.3, -0.25) is 0 Å². The van der Waals surface area contributed by atoms with Gasteiger partial charge in [0.05, 0.1) is 0 Å². The number of unbranched alkanes of at least 4 members (excludes halogenated alkanes) is 3. The fraction of sp³-hybridized carbons (Fsp3) is 0.371. The van der Waals surface area contributed by atoms with Gasteiger partial charge in [0.15, 0.2) is 0 Å². The number of halogens is 2. The zero-order valence-electron chi connectivity index (χ0n) is 24.0. The maximum atomic E-state index is 8.26. The van der Waals surface area contributed by atoms with Crippen LogP contribution in [0.25, 0.3) is 23.3 Å². The maximum absolute atomic E-state index is 8.26. The first-order valence-electron chi connectivity index (χ1n) is 15.1. The van der Waals surface area contributed by atoms with Crippen LogP contribution in [0.3, 0.4) is 0 Å². The number of rotatable bonds is 11. The third-order valence-electron chi connectivity index (χ3n) is 9.32. The Kier molecular flexibility index (Phi) is 9.00. The first-order chi connectivity index (χ1) is 18.8. The molecule has 0 aromatic heterocycles. The molecule has 5 rings (SSSR count). The topological polar surface area (TPSA) is 0 Å². The Hall–Kier alpha value is -1.18. The molecule has 2 atom stereocenters. The summed E-state index contributed by atoms with van der Waals surface area (Å²) in [5.41, 5.74) is 10.9. The van der Waals surface area contributed by atoms with E-state index in [4.69, 9.17) is 17.0 Å². The molecule has 39 heavy (non-hydrogen) atoms. The molecular formula is C35H43Cl2SiZr. The number of benzene rings is 3. The predicted octanol–water partition coefficient (Wildman–Crippen LogP) is 11.5. The molecule has 4 heteroatoms. The molecule has 0 heterocycles. The van der Waals surface area contributed by atoms with Crippen LogP contribution >= 0.6 is 17.0 Å². The summed E-state index contributed by atoms with van der Waals surface area (Å²) in [6.07, 6.45) is 15.7. The van der Waals surface area contributed by atoms with Crippen molar-refractivity contribution >= 4 is 35.1 Å². The van der Waals surface area contributed by atoms with Crippen molar-refractivity contribution in [1.82, 2.24) is 0 Å². The van der Waals surface area contributed by atoms with Gasteiger partial charge in [0.1, 0.15) is 0 Å². The molecule has 0 nitrogen and oxygen atoms in total. The van der Waals surface area contributed by atoms with Crippen LogP contribution in [-0.4, -0.2) is 5.92 Å². The Balaban J connectivity index is 1.57. The van der Waals surface area contributed by atoms with Crippen molar-refractivity contribution in [2.45, 2.75) is 79.1 Å². The molecule has 0 N–H and O–H groups in total. The fourth-order valence-corrected chi connectivity index (χ4v) is 36.5. The molecule has 205 valence electrons. The van der Waals surface area contributed by atoms with Crippen LogP contribution < -0.4 is 0 Å². The molecule has 0 saturated heterocycles. The van der Waals surface area contributed by atoms with E-state index < -0.39 is 21.5 Å². The van der Waals surface area contributed by atoms with Crippen molar-refractivity contribution in [3.05, 3.63) is 106 Å². The average Bonchev–Trinajstić information content (AvgIpc) is 3.54. The first-order valence-corrected chi connectivity index (χ1v) is 31.4. The van der Waals surface area contributed by atoms with Gasteiger partial charge < -0.3 is 0 Å². The van der Waals surface area contributed by atoms with E-state index in [1.54, 1.807) is 0 Å². The zero-order chi connectivity index (χ0) is 27.6. The van der Waals surface area contributed by atoms with E-state index in [0.29, 0.717) is 0 Å². The van der Waals surface area contributed by atoms with Crippen LogP contribution in [0, 0.1) is 0 Å². The number of hydrogen-bond acceptors (Lipinski definition) is 0. The Morgan fingerprint density at radius 2 is 1.51 bits per heavy atom. The van der Waals surface area contributed by atoms with Gasteiger partial charge >= 0.3 is 234 Å². The van der Waals surface area contributed by atoms with Crippen LogP contribution in [0.4, 0.5) is 0 Å². The summed E-state index contributed by atoms with van der Waals surface area (Å²) in [6.45, 7) is 9.40. The predicted molar refractivity (Wildman–Crippen MR) is 174 cm³/mol. The fourth-order valence-electron chi connectivity index (χ4n) is 7.08. The quantitative estimate of drug-likeness (QED) is 0.143. The molecule has 0 fully saturated rings. The molecular weight excluding hydrogens is 611 g/mol. The van der Waals surface area contributed by atoms with Crippen LogP contribution in [0.2, 0.25) is 13.1 Å². The standard InChI is InChI=1S/C24H29.C9H7.C2H7Si.2ClH.Zr/c1-3-5-6-7-10-19-13-15-21(16-14-19)23-12-8-11-22-17-20(9-4-2)18-24(22)23;1-2-5-9-7-3-6-8(9)4-1;1-3-2;;;/h8,11-18H,3-7,9-10H2,1-2H3;1-7H;3H,1-2H3;2*1H;/q;;;;;+2/p-2. The van der Waals surface area contributed by atoms with E-state index in [9.17, 15) is 0 Å². The van der Waals surface area contributed by atoms with E-state index in [2.05, 4.69) is 112 Å². The Morgan fingerprint density at radius 3 is 2.23 bits per heavy atom. The van der Waals surface area contributed by atoms with E-state index in [1.807, 2.05) is 0 Å². The Bertz CT molecular complexity index is 1390. The monoisotopic (exact) mass is 651 g/mol. The molecule has 2 aliphatic carbocycles.